The molecule has 1 fully saturated rings. The normalized spacial score (nSPS) is 20.3. The number of hydrogen-bond donors (Lipinski definition) is 2. The van der Waals surface area contributed by atoms with Gasteiger partial charge in [0.2, 0.25) is 0 Å². The lowest BCUT2D eigenvalue weighted by Crippen LogP contribution is -2.48. The first-order chi connectivity index (χ1) is 12.2. The van der Waals surface area contributed by atoms with Gasteiger partial charge in [0.05, 0.1) is 11.6 Å². The van der Waals surface area contributed by atoms with Gasteiger partial charge in [-0.3, -0.25) is 4.99 Å². The molecule has 5 heteroatoms. The molecule has 2 heterocycles. The molecule has 2 aromatic rings. The van der Waals surface area contributed by atoms with Gasteiger partial charge in [0.25, 0.3) is 0 Å². The SMILES string of the molecule is Fc1cc(CN=C2Nc3ccccc3CC23CCNCC3)ccc1Cl. The highest BCUT2D eigenvalue weighted by Gasteiger charge is 2.40. The van der Waals surface area contributed by atoms with Gasteiger partial charge < -0.3 is 10.6 Å². The second kappa shape index (κ2) is 6.77. The molecule has 0 saturated carbocycles. The molecule has 0 bridgehead atoms. The first-order valence-corrected chi connectivity index (χ1v) is 9.09. The summed E-state index contributed by atoms with van der Waals surface area (Å²) in [5.41, 5.74) is 3.36. The molecule has 25 heavy (non-hydrogen) atoms. The van der Waals surface area contributed by atoms with Crippen molar-refractivity contribution in [3.8, 4) is 0 Å². The van der Waals surface area contributed by atoms with E-state index < -0.39 is 5.82 Å². The number of nitrogens with zero attached hydrogens (tertiary/aromatic N) is 1. The maximum atomic E-state index is 13.7. The molecular formula is C20H21ClFN3. The Balaban J connectivity index is 1.66. The zero-order valence-corrected chi connectivity index (χ0v) is 14.7. The predicted octanol–water partition coefficient (Wildman–Crippen LogP) is 4.42. The minimum atomic E-state index is -0.391. The lowest BCUT2D eigenvalue weighted by Gasteiger charge is -2.42. The summed E-state index contributed by atoms with van der Waals surface area (Å²) in [6.07, 6.45) is 3.12. The third-order valence-electron chi connectivity index (χ3n) is 5.27. The molecule has 1 spiro atoms. The second-order valence-electron chi connectivity index (χ2n) is 6.90. The number of anilines is 1. The fourth-order valence-electron chi connectivity index (χ4n) is 3.84. The van der Waals surface area contributed by atoms with Crippen LogP contribution >= 0.6 is 11.6 Å². The zero-order valence-electron chi connectivity index (χ0n) is 14.0. The van der Waals surface area contributed by atoms with Gasteiger partial charge in [-0.25, -0.2) is 4.39 Å². The molecule has 4 rings (SSSR count). The number of aliphatic imine (C=N–C) groups is 1. The van der Waals surface area contributed by atoms with Gasteiger partial charge in [-0.1, -0.05) is 35.9 Å². The molecule has 1 saturated heterocycles. The van der Waals surface area contributed by atoms with Gasteiger partial charge >= 0.3 is 0 Å². The first-order valence-electron chi connectivity index (χ1n) is 8.71. The van der Waals surface area contributed by atoms with Crippen LogP contribution in [-0.4, -0.2) is 18.9 Å². The Kier molecular flexibility index (Phi) is 4.48. The maximum Gasteiger partial charge on any atom is 0.142 e. The molecule has 0 amide bonds. The van der Waals surface area contributed by atoms with Crippen LogP contribution in [0, 0.1) is 11.2 Å². The number of para-hydroxylation sites is 1. The molecule has 2 aliphatic rings. The lowest BCUT2D eigenvalue weighted by atomic mass is 9.71. The summed E-state index contributed by atoms with van der Waals surface area (Å²) >= 11 is 5.77. The van der Waals surface area contributed by atoms with Gasteiger partial charge in [0, 0.05) is 11.1 Å². The minimum absolute atomic E-state index is 0.0462. The second-order valence-corrected chi connectivity index (χ2v) is 7.31. The monoisotopic (exact) mass is 357 g/mol. The summed E-state index contributed by atoms with van der Waals surface area (Å²) in [4.78, 5) is 4.87. The zero-order chi connectivity index (χ0) is 17.3. The molecule has 3 nitrogen and oxygen atoms in total. The van der Waals surface area contributed by atoms with Gasteiger partial charge in [-0.15, -0.1) is 0 Å². The maximum absolute atomic E-state index is 13.7. The summed E-state index contributed by atoms with van der Waals surface area (Å²) in [6.45, 7) is 2.45. The minimum Gasteiger partial charge on any atom is -0.343 e. The molecular weight excluding hydrogens is 337 g/mol. The van der Waals surface area contributed by atoms with E-state index in [4.69, 9.17) is 16.6 Å². The average Bonchev–Trinajstić information content (AvgIpc) is 2.63. The van der Waals surface area contributed by atoms with Crippen LogP contribution in [0.25, 0.3) is 0 Å². The number of amidine groups is 1. The molecule has 2 N–H and O–H groups in total. The quantitative estimate of drug-likeness (QED) is 0.835. The number of piperidine rings is 1. The topological polar surface area (TPSA) is 36.4 Å². The molecule has 0 atom stereocenters. The highest BCUT2D eigenvalue weighted by Crippen LogP contribution is 2.40. The van der Waals surface area contributed by atoms with Crippen LogP contribution in [0.5, 0.6) is 0 Å². The van der Waals surface area contributed by atoms with Gasteiger partial charge in [-0.2, -0.15) is 0 Å². The number of nitrogens with one attached hydrogen (secondary N) is 2. The Labute approximate surface area is 152 Å². The Morgan fingerprint density at radius 1 is 1.12 bits per heavy atom. The van der Waals surface area contributed by atoms with Crippen molar-refractivity contribution in [1.29, 1.82) is 0 Å². The highest BCUT2D eigenvalue weighted by atomic mass is 35.5. The smallest absolute Gasteiger partial charge is 0.142 e. The lowest BCUT2D eigenvalue weighted by molar-refractivity contribution is 0.293. The molecule has 2 aromatic carbocycles. The molecule has 0 aromatic heterocycles. The van der Waals surface area contributed by atoms with Crippen LogP contribution in [0.2, 0.25) is 5.02 Å². The fourth-order valence-corrected chi connectivity index (χ4v) is 3.96. The van der Waals surface area contributed by atoms with Crippen LogP contribution in [0.15, 0.2) is 47.5 Å². The third kappa shape index (κ3) is 3.29. The Morgan fingerprint density at radius 2 is 1.92 bits per heavy atom. The van der Waals surface area contributed by atoms with Crippen molar-refractivity contribution in [1.82, 2.24) is 5.32 Å². The van der Waals surface area contributed by atoms with Crippen molar-refractivity contribution in [2.75, 3.05) is 18.4 Å². The molecule has 0 aliphatic carbocycles. The number of halogens is 2. The van der Waals surface area contributed by atoms with E-state index in [9.17, 15) is 4.39 Å². The number of rotatable bonds is 2. The van der Waals surface area contributed by atoms with Crippen LogP contribution < -0.4 is 10.6 Å². The van der Waals surface area contributed by atoms with Crippen molar-refractivity contribution in [3.63, 3.8) is 0 Å². The van der Waals surface area contributed by atoms with Crippen LogP contribution in [0.4, 0.5) is 10.1 Å². The fraction of sp³-hybridized carbons (Fsp3) is 0.350. The van der Waals surface area contributed by atoms with Crippen molar-refractivity contribution < 1.29 is 4.39 Å². The van der Waals surface area contributed by atoms with E-state index in [1.54, 1.807) is 6.07 Å². The summed E-state index contributed by atoms with van der Waals surface area (Å²) in [5.74, 6) is 0.640. The number of fused-ring (bicyclic) bond motifs is 1. The third-order valence-corrected chi connectivity index (χ3v) is 5.57. The predicted molar refractivity (Wildman–Crippen MR) is 101 cm³/mol. The number of benzene rings is 2. The van der Waals surface area contributed by atoms with E-state index in [-0.39, 0.29) is 10.4 Å². The van der Waals surface area contributed by atoms with E-state index >= 15 is 0 Å². The summed E-state index contributed by atoms with van der Waals surface area (Å²) < 4.78 is 13.7. The molecule has 0 unspecified atom stereocenters. The molecule has 2 aliphatic heterocycles. The largest absolute Gasteiger partial charge is 0.343 e. The molecule has 130 valence electrons. The Bertz CT molecular complexity index is 812. The Morgan fingerprint density at radius 3 is 2.72 bits per heavy atom. The summed E-state index contributed by atoms with van der Waals surface area (Å²) in [6, 6.07) is 13.3. The Hall–Kier alpha value is -1.91. The van der Waals surface area contributed by atoms with Crippen LogP contribution in [0.1, 0.15) is 24.0 Å². The van der Waals surface area contributed by atoms with Gasteiger partial charge in [0.1, 0.15) is 11.7 Å². The van der Waals surface area contributed by atoms with E-state index in [0.29, 0.717) is 6.54 Å². The highest BCUT2D eigenvalue weighted by molar-refractivity contribution is 6.30. The van der Waals surface area contributed by atoms with Crippen molar-refractivity contribution >= 4 is 23.1 Å². The summed E-state index contributed by atoms with van der Waals surface area (Å²) in [7, 11) is 0. The summed E-state index contributed by atoms with van der Waals surface area (Å²) in [5, 5.41) is 7.15. The number of hydrogen-bond acceptors (Lipinski definition) is 2. The van der Waals surface area contributed by atoms with E-state index in [1.165, 1.54) is 11.6 Å². The molecule has 0 radical (unpaired) electrons. The van der Waals surface area contributed by atoms with Gasteiger partial charge in [0.15, 0.2) is 0 Å². The van der Waals surface area contributed by atoms with Gasteiger partial charge in [-0.05, 0) is 61.7 Å². The van der Waals surface area contributed by atoms with E-state index in [1.807, 2.05) is 12.1 Å². The van der Waals surface area contributed by atoms with E-state index in [0.717, 1.165) is 49.4 Å². The first kappa shape index (κ1) is 16.6. The van der Waals surface area contributed by atoms with E-state index in [2.05, 4.69) is 28.8 Å². The van der Waals surface area contributed by atoms with Crippen molar-refractivity contribution in [3.05, 3.63) is 64.4 Å². The van der Waals surface area contributed by atoms with Crippen molar-refractivity contribution in [2.24, 2.45) is 10.4 Å². The standard InChI is InChI=1S/C20H21ClFN3/c21-16-6-5-14(11-17(16)22)13-24-19-20(7-9-23-10-8-20)12-15-3-1-2-4-18(15)25-19/h1-6,11,23H,7-10,12-13H2,(H,24,25). The average molecular weight is 358 g/mol. The van der Waals surface area contributed by atoms with Crippen LogP contribution in [-0.2, 0) is 13.0 Å². The van der Waals surface area contributed by atoms with Crippen LogP contribution in [0.3, 0.4) is 0 Å². The van der Waals surface area contributed by atoms with Crippen molar-refractivity contribution in [2.45, 2.75) is 25.8 Å².